The highest BCUT2D eigenvalue weighted by Crippen LogP contribution is 2.40. The quantitative estimate of drug-likeness (QED) is 0.580. The summed E-state index contributed by atoms with van der Waals surface area (Å²) in [6, 6.07) is 3.57. The lowest BCUT2D eigenvalue weighted by molar-refractivity contribution is 0.104. The average molecular weight is 316 g/mol. The molecule has 0 unspecified atom stereocenters. The summed E-state index contributed by atoms with van der Waals surface area (Å²) >= 11 is 0. The van der Waals surface area contributed by atoms with Crippen molar-refractivity contribution < 1.29 is 19.0 Å². The van der Waals surface area contributed by atoms with Crippen LogP contribution < -0.4 is 14.2 Å². The van der Waals surface area contributed by atoms with E-state index in [1.54, 1.807) is 49.5 Å². The standard InChI is InChI=1S/C17H20N2O4/c1-5-19-11-13(10-18-19)14(20)8-6-12-7-9-15(21-2)17(23-4)16(12)22-3/h6-11H,5H2,1-4H3/b8-6-. The highest BCUT2D eigenvalue weighted by atomic mass is 16.5. The van der Waals surface area contributed by atoms with Gasteiger partial charge >= 0.3 is 0 Å². The monoisotopic (exact) mass is 316 g/mol. The lowest BCUT2D eigenvalue weighted by Gasteiger charge is -2.13. The molecule has 0 N–H and O–H groups in total. The second-order valence-electron chi connectivity index (χ2n) is 4.71. The molecule has 0 saturated heterocycles. The normalized spacial score (nSPS) is 10.8. The number of carbonyl (C=O) groups excluding carboxylic acids is 1. The van der Waals surface area contributed by atoms with Crippen LogP contribution in [-0.2, 0) is 6.54 Å². The average Bonchev–Trinajstić information content (AvgIpc) is 3.07. The van der Waals surface area contributed by atoms with Crippen molar-refractivity contribution in [2.24, 2.45) is 0 Å². The van der Waals surface area contributed by atoms with Gasteiger partial charge in [-0.05, 0) is 31.2 Å². The molecule has 6 nitrogen and oxygen atoms in total. The number of ketones is 1. The maximum Gasteiger partial charge on any atom is 0.203 e. The summed E-state index contributed by atoms with van der Waals surface area (Å²) in [6.45, 7) is 2.69. The van der Waals surface area contributed by atoms with Crippen molar-refractivity contribution in [1.29, 1.82) is 0 Å². The molecule has 0 aliphatic heterocycles. The largest absolute Gasteiger partial charge is 0.493 e. The first kappa shape index (κ1) is 16.6. The van der Waals surface area contributed by atoms with E-state index >= 15 is 0 Å². The number of methoxy groups -OCH3 is 3. The van der Waals surface area contributed by atoms with E-state index in [-0.39, 0.29) is 5.78 Å². The van der Waals surface area contributed by atoms with Gasteiger partial charge in [-0.3, -0.25) is 9.48 Å². The van der Waals surface area contributed by atoms with Gasteiger partial charge in [-0.1, -0.05) is 0 Å². The number of allylic oxidation sites excluding steroid dienone is 1. The molecule has 2 aromatic rings. The van der Waals surface area contributed by atoms with E-state index in [1.807, 2.05) is 6.92 Å². The molecule has 1 aromatic heterocycles. The van der Waals surface area contributed by atoms with E-state index < -0.39 is 0 Å². The topological polar surface area (TPSA) is 62.6 Å². The minimum Gasteiger partial charge on any atom is -0.493 e. The third-order valence-electron chi connectivity index (χ3n) is 3.39. The summed E-state index contributed by atoms with van der Waals surface area (Å²) < 4.78 is 17.7. The molecule has 0 bridgehead atoms. The third-order valence-corrected chi connectivity index (χ3v) is 3.39. The van der Waals surface area contributed by atoms with Crippen LogP contribution in [0, 0.1) is 0 Å². The van der Waals surface area contributed by atoms with Crippen LogP contribution in [0.1, 0.15) is 22.8 Å². The van der Waals surface area contributed by atoms with Gasteiger partial charge in [0.25, 0.3) is 0 Å². The van der Waals surface area contributed by atoms with Crippen LogP contribution in [0.5, 0.6) is 17.2 Å². The van der Waals surface area contributed by atoms with Crippen LogP contribution >= 0.6 is 0 Å². The van der Waals surface area contributed by atoms with E-state index in [4.69, 9.17) is 14.2 Å². The van der Waals surface area contributed by atoms with Gasteiger partial charge in [-0.2, -0.15) is 5.10 Å². The molecule has 0 fully saturated rings. The lowest BCUT2D eigenvalue weighted by Crippen LogP contribution is -1.97. The fourth-order valence-corrected chi connectivity index (χ4v) is 2.18. The van der Waals surface area contributed by atoms with Crippen LogP contribution in [-0.4, -0.2) is 36.9 Å². The van der Waals surface area contributed by atoms with Gasteiger partial charge in [0.1, 0.15) is 0 Å². The molecule has 0 aliphatic rings. The molecule has 0 amide bonds. The zero-order valence-electron chi connectivity index (χ0n) is 13.7. The number of ether oxygens (including phenoxy) is 3. The molecule has 6 heteroatoms. The van der Waals surface area contributed by atoms with Crippen molar-refractivity contribution in [3.63, 3.8) is 0 Å². The zero-order chi connectivity index (χ0) is 16.8. The molecule has 0 atom stereocenters. The number of aromatic nitrogens is 2. The Morgan fingerprint density at radius 1 is 1.17 bits per heavy atom. The summed E-state index contributed by atoms with van der Waals surface area (Å²) in [5.74, 6) is 1.45. The fraction of sp³-hybridized carbons (Fsp3) is 0.294. The second kappa shape index (κ2) is 7.49. The predicted molar refractivity (Wildman–Crippen MR) is 87.4 cm³/mol. The molecule has 0 aliphatic carbocycles. The van der Waals surface area contributed by atoms with Crippen LogP contribution in [0.4, 0.5) is 0 Å². The summed E-state index contributed by atoms with van der Waals surface area (Å²) in [6.07, 6.45) is 6.45. The minimum absolute atomic E-state index is 0.124. The first-order valence-corrected chi connectivity index (χ1v) is 7.18. The summed E-state index contributed by atoms with van der Waals surface area (Å²) in [5, 5.41) is 4.10. The number of rotatable bonds is 7. The maximum absolute atomic E-state index is 12.2. The number of aryl methyl sites for hydroxylation is 1. The molecule has 0 spiro atoms. The Labute approximate surface area is 135 Å². The van der Waals surface area contributed by atoms with Crippen LogP contribution in [0.15, 0.2) is 30.6 Å². The Bertz CT molecular complexity index is 719. The Morgan fingerprint density at radius 2 is 1.91 bits per heavy atom. The van der Waals surface area contributed by atoms with Crippen molar-refractivity contribution in [2.75, 3.05) is 21.3 Å². The van der Waals surface area contributed by atoms with Gasteiger partial charge in [0.05, 0.1) is 33.1 Å². The molecular weight excluding hydrogens is 296 g/mol. The third kappa shape index (κ3) is 3.53. The first-order valence-electron chi connectivity index (χ1n) is 7.18. The Balaban J connectivity index is 2.30. The Hall–Kier alpha value is -2.76. The molecule has 1 heterocycles. The van der Waals surface area contributed by atoms with Crippen molar-refractivity contribution in [1.82, 2.24) is 9.78 Å². The highest BCUT2D eigenvalue weighted by molar-refractivity contribution is 6.06. The van der Waals surface area contributed by atoms with Crippen molar-refractivity contribution >= 4 is 11.9 Å². The van der Waals surface area contributed by atoms with Gasteiger partial charge in [0.15, 0.2) is 17.3 Å². The molecule has 2 rings (SSSR count). The Morgan fingerprint density at radius 3 is 2.48 bits per heavy atom. The number of carbonyl (C=O) groups is 1. The minimum atomic E-state index is -0.124. The van der Waals surface area contributed by atoms with Gasteiger partial charge in [0.2, 0.25) is 5.75 Å². The zero-order valence-corrected chi connectivity index (χ0v) is 13.7. The fourth-order valence-electron chi connectivity index (χ4n) is 2.18. The SMILES string of the molecule is CCn1cc(C(=O)/C=C\c2ccc(OC)c(OC)c2OC)cn1. The first-order chi connectivity index (χ1) is 11.1. The van der Waals surface area contributed by atoms with Crippen LogP contribution in [0.25, 0.3) is 6.08 Å². The van der Waals surface area contributed by atoms with E-state index in [1.165, 1.54) is 13.2 Å². The molecule has 122 valence electrons. The molecule has 0 radical (unpaired) electrons. The number of hydrogen-bond donors (Lipinski definition) is 0. The number of nitrogens with zero attached hydrogens (tertiary/aromatic N) is 2. The summed E-state index contributed by atoms with van der Waals surface area (Å²) in [5.41, 5.74) is 1.27. The van der Waals surface area contributed by atoms with Crippen molar-refractivity contribution in [3.05, 3.63) is 41.7 Å². The number of hydrogen-bond acceptors (Lipinski definition) is 5. The number of benzene rings is 1. The Kier molecular flexibility index (Phi) is 5.41. The predicted octanol–water partition coefficient (Wildman–Crippen LogP) is 2.82. The lowest BCUT2D eigenvalue weighted by atomic mass is 10.1. The van der Waals surface area contributed by atoms with E-state index in [2.05, 4.69) is 5.10 Å². The molecule has 1 aromatic carbocycles. The van der Waals surface area contributed by atoms with Gasteiger partial charge in [0, 0.05) is 18.3 Å². The molecule has 0 saturated carbocycles. The maximum atomic E-state index is 12.2. The highest BCUT2D eigenvalue weighted by Gasteiger charge is 2.14. The van der Waals surface area contributed by atoms with Crippen molar-refractivity contribution in [2.45, 2.75) is 13.5 Å². The van der Waals surface area contributed by atoms with Gasteiger partial charge < -0.3 is 14.2 Å². The smallest absolute Gasteiger partial charge is 0.203 e. The van der Waals surface area contributed by atoms with Crippen molar-refractivity contribution in [3.8, 4) is 17.2 Å². The van der Waals surface area contributed by atoms with Gasteiger partial charge in [-0.15, -0.1) is 0 Å². The van der Waals surface area contributed by atoms with E-state index in [0.717, 1.165) is 12.1 Å². The summed E-state index contributed by atoms with van der Waals surface area (Å²) in [4.78, 5) is 12.2. The van der Waals surface area contributed by atoms with Gasteiger partial charge in [-0.25, -0.2) is 0 Å². The van der Waals surface area contributed by atoms with Crippen LogP contribution in [0.3, 0.4) is 0 Å². The van der Waals surface area contributed by atoms with Crippen LogP contribution in [0.2, 0.25) is 0 Å². The van der Waals surface area contributed by atoms with E-state index in [9.17, 15) is 4.79 Å². The van der Waals surface area contributed by atoms with E-state index in [0.29, 0.717) is 22.8 Å². The second-order valence-corrected chi connectivity index (χ2v) is 4.71. The molecule has 23 heavy (non-hydrogen) atoms. The molecular formula is C17H20N2O4. The summed E-state index contributed by atoms with van der Waals surface area (Å²) in [7, 11) is 4.64.